The van der Waals surface area contributed by atoms with Crippen molar-refractivity contribution < 1.29 is 23.5 Å². The Morgan fingerprint density at radius 2 is 1.75 bits per heavy atom. The third-order valence-corrected chi connectivity index (χ3v) is 3.93. The molecule has 0 unspecified atom stereocenters. The van der Waals surface area contributed by atoms with Crippen molar-refractivity contribution in [3.63, 3.8) is 0 Å². The van der Waals surface area contributed by atoms with Gasteiger partial charge >= 0.3 is 11.6 Å². The van der Waals surface area contributed by atoms with Gasteiger partial charge in [-0.3, -0.25) is 4.79 Å². The van der Waals surface area contributed by atoms with E-state index in [2.05, 4.69) is 5.32 Å². The van der Waals surface area contributed by atoms with Crippen LogP contribution in [0.3, 0.4) is 0 Å². The van der Waals surface area contributed by atoms with Crippen LogP contribution in [0.5, 0.6) is 5.75 Å². The summed E-state index contributed by atoms with van der Waals surface area (Å²) < 4.78 is 15.3. The quantitative estimate of drug-likeness (QED) is 0.499. The minimum absolute atomic E-state index is 0.350. The van der Waals surface area contributed by atoms with E-state index in [0.29, 0.717) is 17.9 Å². The molecular formula is C21H19NO6. The summed E-state index contributed by atoms with van der Waals surface area (Å²) in [5, 5.41) is 3.41. The molecule has 7 nitrogen and oxygen atoms in total. The highest BCUT2D eigenvalue weighted by Gasteiger charge is 2.09. The topological polar surface area (TPSA) is 94.8 Å². The van der Waals surface area contributed by atoms with E-state index in [1.165, 1.54) is 12.1 Å². The Morgan fingerprint density at radius 1 is 1.00 bits per heavy atom. The van der Waals surface area contributed by atoms with Gasteiger partial charge in [0.05, 0.1) is 0 Å². The molecule has 0 fully saturated rings. The number of fused-ring (bicyclic) bond motifs is 1. The molecule has 0 atom stereocenters. The molecule has 1 N–H and O–H groups in total. The van der Waals surface area contributed by atoms with E-state index in [9.17, 15) is 14.4 Å². The van der Waals surface area contributed by atoms with Crippen LogP contribution in [0.15, 0.2) is 63.8 Å². The maximum atomic E-state index is 11.8. The molecule has 3 rings (SSSR count). The van der Waals surface area contributed by atoms with Crippen LogP contribution >= 0.6 is 0 Å². The average molecular weight is 381 g/mol. The van der Waals surface area contributed by atoms with Crippen molar-refractivity contribution in [3.8, 4) is 5.75 Å². The summed E-state index contributed by atoms with van der Waals surface area (Å²) in [5.74, 6) is -0.732. The van der Waals surface area contributed by atoms with E-state index in [-0.39, 0.29) is 13.2 Å². The fourth-order valence-corrected chi connectivity index (χ4v) is 2.42. The minimum Gasteiger partial charge on any atom is -0.482 e. The van der Waals surface area contributed by atoms with E-state index >= 15 is 0 Å². The molecule has 28 heavy (non-hydrogen) atoms. The zero-order chi connectivity index (χ0) is 19.9. The van der Waals surface area contributed by atoms with Gasteiger partial charge in [-0.05, 0) is 30.7 Å². The summed E-state index contributed by atoms with van der Waals surface area (Å²) in [6.45, 7) is 1.58. The minimum atomic E-state index is -0.680. The first kappa shape index (κ1) is 19.2. The molecule has 0 aliphatic heterocycles. The predicted octanol–water partition coefficient (Wildman–Crippen LogP) is 2.34. The van der Waals surface area contributed by atoms with Gasteiger partial charge < -0.3 is 19.2 Å². The second-order valence-electron chi connectivity index (χ2n) is 6.17. The molecule has 1 amide bonds. The summed E-state index contributed by atoms with van der Waals surface area (Å²) >= 11 is 0. The van der Waals surface area contributed by atoms with Gasteiger partial charge in [0, 0.05) is 24.1 Å². The van der Waals surface area contributed by atoms with Crippen LogP contribution in [0, 0.1) is 6.92 Å². The van der Waals surface area contributed by atoms with E-state index in [1.807, 2.05) is 31.2 Å². The molecule has 0 aliphatic carbocycles. The molecule has 2 aromatic carbocycles. The van der Waals surface area contributed by atoms with Gasteiger partial charge in [0.1, 0.15) is 11.3 Å². The van der Waals surface area contributed by atoms with Gasteiger partial charge in [-0.25, -0.2) is 9.59 Å². The standard InChI is InChI=1S/C21H19NO6/c1-14-2-4-15(5-3-14)11-22-19(23)12-27-21(25)13-26-17-8-6-16-7-9-20(24)28-18(16)10-17/h2-10H,11-13H2,1H3,(H,22,23). The molecule has 7 heteroatoms. The Morgan fingerprint density at radius 3 is 2.54 bits per heavy atom. The van der Waals surface area contributed by atoms with Gasteiger partial charge in [0.25, 0.3) is 5.91 Å². The van der Waals surface area contributed by atoms with Crippen LogP contribution in [-0.4, -0.2) is 25.1 Å². The number of esters is 1. The Balaban J connectivity index is 1.42. The summed E-state index contributed by atoms with van der Waals surface area (Å²) in [6, 6.07) is 15.6. The third kappa shape index (κ3) is 5.44. The van der Waals surface area contributed by atoms with Crippen LogP contribution in [0.25, 0.3) is 11.0 Å². The Hall–Kier alpha value is -3.61. The maximum Gasteiger partial charge on any atom is 0.344 e. The molecule has 1 heterocycles. The summed E-state index contributed by atoms with van der Waals surface area (Å²) in [6.07, 6.45) is 0. The van der Waals surface area contributed by atoms with Crippen molar-refractivity contribution in [1.82, 2.24) is 5.32 Å². The molecule has 0 saturated heterocycles. The number of rotatable bonds is 7. The summed E-state index contributed by atoms with van der Waals surface area (Å²) in [4.78, 5) is 34.8. The van der Waals surface area contributed by atoms with Crippen molar-refractivity contribution in [2.75, 3.05) is 13.2 Å². The zero-order valence-corrected chi connectivity index (χ0v) is 15.3. The Kier molecular flexibility index (Phi) is 6.06. The average Bonchev–Trinajstić information content (AvgIpc) is 2.70. The zero-order valence-electron chi connectivity index (χ0n) is 15.3. The number of ether oxygens (including phenoxy) is 2. The smallest absolute Gasteiger partial charge is 0.344 e. The second-order valence-corrected chi connectivity index (χ2v) is 6.17. The number of nitrogens with one attached hydrogen (secondary N) is 1. The van der Waals surface area contributed by atoms with E-state index < -0.39 is 17.5 Å². The van der Waals surface area contributed by atoms with Gasteiger partial charge in [-0.2, -0.15) is 0 Å². The lowest BCUT2D eigenvalue weighted by Gasteiger charge is -2.08. The first-order valence-corrected chi connectivity index (χ1v) is 8.64. The molecule has 0 saturated carbocycles. The second kappa shape index (κ2) is 8.85. The van der Waals surface area contributed by atoms with Crippen molar-refractivity contribution in [1.29, 1.82) is 0 Å². The highest BCUT2D eigenvalue weighted by atomic mass is 16.6. The van der Waals surface area contributed by atoms with Gasteiger partial charge in [-0.15, -0.1) is 0 Å². The highest BCUT2D eigenvalue weighted by molar-refractivity contribution is 5.81. The first-order valence-electron chi connectivity index (χ1n) is 8.64. The monoisotopic (exact) mass is 381 g/mol. The number of hydrogen-bond acceptors (Lipinski definition) is 6. The molecule has 0 spiro atoms. The highest BCUT2D eigenvalue weighted by Crippen LogP contribution is 2.19. The van der Waals surface area contributed by atoms with Crippen LogP contribution in [0.2, 0.25) is 0 Å². The molecule has 3 aromatic rings. The van der Waals surface area contributed by atoms with Crippen molar-refractivity contribution in [3.05, 3.63) is 76.1 Å². The SMILES string of the molecule is Cc1ccc(CNC(=O)COC(=O)COc2ccc3ccc(=O)oc3c2)cc1. The Labute approximate surface area is 160 Å². The molecular weight excluding hydrogens is 362 g/mol. The first-order chi connectivity index (χ1) is 13.5. The molecule has 144 valence electrons. The molecule has 0 bridgehead atoms. The van der Waals surface area contributed by atoms with E-state index in [1.54, 1.807) is 18.2 Å². The van der Waals surface area contributed by atoms with Crippen LogP contribution in [0.1, 0.15) is 11.1 Å². The van der Waals surface area contributed by atoms with Crippen LogP contribution < -0.4 is 15.7 Å². The van der Waals surface area contributed by atoms with Gasteiger partial charge in [0.2, 0.25) is 0 Å². The molecule has 0 aliphatic rings. The normalized spacial score (nSPS) is 10.5. The lowest BCUT2D eigenvalue weighted by Crippen LogP contribution is -2.29. The number of benzene rings is 2. The lowest BCUT2D eigenvalue weighted by molar-refractivity contribution is -0.150. The van der Waals surface area contributed by atoms with Crippen molar-refractivity contribution in [2.24, 2.45) is 0 Å². The van der Waals surface area contributed by atoms with E-state index in [0.717, 1.165) is 16.5 Å². The lowest BCUT2D eigenvalue weighted by atomic mass is 10.1. The van der Waals surface area contributed by atoms with Gasteiger partial charge in [-0.1, -0.05) is 29.8 Å². The van der Waals surface area contributed by atoms with Crippen molar-refractivity contribution in [2.45, 2.75) is 13.5 Å². The number of amides is 1. The van der Waals surface area contributed by atoms with Crippen LogP contribution in [-0.2, 0) is 20.9 Å². The van der Waals surface area contributed by atoms with E-state index in [4.69, 9.17) is 13.9 Å². The molecule has 1 aromatic heterocycles. The predicted molar refractivity (Wildman–Crippen MR) is 102 cm³/mol. The van der Waals surface area contributed by atoms with Crippen LogP contribution in [0.4, 0.5) is 0 Å². The number of carbonyl (C=O) groups is 2. The Bertz CT molecular complexity index is 1040. The molecule has 0 radical (unpaired) electrons. The van der Waals surface area contributed by atoms with Gasteiger partial charge in [0.15, 0.2) is 13.2 Å². The fraction of sp³-hybridized carbons (Fsp3) is 0.190. The number of carbonyl (C=O) groups excluding carboxylic acids is 2. The number of aryl methyl sites for hydroxylation is 1. The largest absolute Gasteiger partial charge is 0.482 e. The van der Waals surface area contributed by atoms with Crippen molar-refractivity contribution >= 4 is 22.8 Å². The third-order valence-electron chi connectivity index (χ3n) is 3.93. The summed E-state index contributed by atoms with van der Waals surface area (Å²) in [5.41, 5.74) is 1.98. The maximum absolute atomic E-state index is 11.8. The summed E-state index contributed by atoms with van der Waals surface area (Å²) in [7, 11) is 0. The number of hydrogen-bond donors (Lipinski definition) is 1. The fourth-order valence-electron chi connectivity index (χ4n) is 2.42.